The summed E-state index contributed by atoms with van der Waals surface area (Å²) in [7, 11) is 0. The normalized spacial score (nSPS) is 11.4. The molecule has 0 aromatic heterocycles. The molecule has 0 unspecified atom stereocenters. The maximum Gasteiger partial charge on any atom is 0.220 e. The highest BCUT2D eigenvalue weighted by molar-refractivity contribution is 5.76. The Balaban J connectivity index is 2.35. The second kappa shape index (κ2) is 8.05. The molecule has 0 fully saturated rings. The highest BCUT2D eigenvalue weighted by atomic mass is 16.3. The van der Waals surface area contributed by atoms with Crippen molar-refractivity contribution in [2.24, 2.45) is 0 Å². The van der Waals surface area contributed by atoms with Crippen LogP contribution in [0.5, 0.6) is 0 Å². The van der Waals surface area contributed by atoms with E-state index in [1.54, 1.807) is 0 Å². The van der Waals surface area contributed by atoms with Crippen LogP contribution in [0.1, 0.15) is 51.2 Å². The lowest BCUT2D eigenvalue weighted by molar-refractivity contribution is -0.122. The van der Waals surface area contributed by atoms with E-state index in [1.165, 1.54) is 11.1 Å². The van der Waals surface area contributed by atoms with Gasteiger partial charge in [0.25, 0.3) is 0 Å². The van der Waals surface area contributed by atoms with Crippen molar-refractivity contribution >= 4 is 5.91 Å². The molecule has 20 heavy (non-hydrogen) atoms. The predicted molar refractivity (Wildman–Crippen MR) is 82.7 cm³/mol. The zero-order valence-corrected chi connectivity index (χ0v) is 12.9. The highest BCUT2D eigenvalue weighted by Gasteiger charge is 2.22. The lowest BCUT2D eigenvalue weighted by atomic mass is 9.97. The van der Waals surface area contributed by atoms with Crippen LogP contribution in [0.4, 0.5) is 0 Å². The van der Waals surface area contributed by atoms with E-state index in [4.69, 9.17) is 0 Å². The van der Waals surface area contributed by atoms with Gasteiger partial charge in [-0.05, 0) is 36.8 Å². The number of aliphatic hydroxyl groups is 1. The first-order chi connectivity index (χ1) is 9.53. The van der Waals surface area contributed by atoms with Crippen molar-refractivity contribution in [1.29, 1.82) is 0 Å². The van der Waals surface area contributed by atoms with Gasteiger partial charge >= 0.3 is 0 Å². The Morgan fingerprint density at radius 2 is 1.65 bits per heavy atom. The Bertz CT molecular complexity index is 408. The molecule has 0 radical (unpaired) electrons. The van der Waals surface area contributed by atoms with Crippen molar-refractivity contribution in [1.82, 2.24) is 5.32 Å². The molecule has 0 aliphatic heterocycles. The van der Waals surface area contributed by atoms with Crippen molar-refractivity contribution in [3.8, 4) is 0 Å². The first-order valence-electron chi connectivity index (χ1n) is 7.60. The summed E-state index contributed by atoms with van der Waals surface area (Å²) in [6.45, 7) is 6.34. The van der Waals surface area contributed by atoms with Gasteiger partial charge in [-0.2, -0.15) is 0 Å². The van der Waals surface area contributed by atoms with Gasteiger partial charge in [0.1, 0.15) is 0 Å². The first kappa shape index (κ1) is 16.7. The van der Waals surface area contributed by atoms with Crippen LogP contribution in [0, 0.1) is 0 Å². The Morgan fingerprint density at radius 3 is 2.15 bits per heavy atom. The van der Waals surface area contributed by atoms with Crippen LogP contribution in [0.15, 0.2) is 24.3 Å². The van der Waals surface area contributed by atoms with E-state index in [1.807, 2.05) is 13.8 Å². The number of hydrogen-bond acceptors (Lipinski definition) is 2. The SMILES string of the molecule is CCc1ccc(CCC(=O)NCC(O)(CC)CC)cc1. The summed E-state index contributed by atoms with van der Waals surface area (Å²) in [6.07, 6.45) is 3.55. The van der Waals surface area contributed by atoms with Crippen LogP contribution < -0.4 is 5.32 Å². The standard InChI is InChI=1S/C17H27NO2/c1-4-14-7-9-15(10-8-14)11-12-16(19)18-13-17(20,5-2)6-3/h7-10,20H,4-6,11-13H2,1-3H3,(H,18,19). The van der Waals surface area contributed by atoms with Crippen molar-refractivity contribution in [2.75, 3.05) is 6.54 Å². The molecule has 1 aromatic carbocycles. The fraction of sp³-hybridized carbons (Fsp3) is 0.588. The zero-order chi connectivity index (χ0) is 15.0. The number of carbonyl (C=O) groups excluding carboxylic acids is 1. The molecule has 0 aliphatic rings. The van der Waals surface area contributed by atoms with Gasteiger partial charge in [-0.1, -0.05) is 45.0 Å². The summed E-state index contributed by atoms with van der Waals surface area (Å²) < 4.78 is 0. The van der Waals surface area contributed by atoms with Crippen molar-refractivity contribution in [3.63, 3.8) is 0 Å². The average Bonchev–Trinajstić information content (AvgIpc) is 2.51. The van der Waals surface area contributed by atoms with E-state index in [9.17, 15) is 9.90 Å². The second-order valence-electron chi connectivity index (χ2n) is 5.38. The number of carbonyl (C=O) groups is 1. The maximum atomic E-state index is 11.8. The van der Waals surface area contributed by atoms with Crippen molar-refractivity contribution in [2.45, 2.75) is 58.5 Å². The molecule has 0 heterocycles. The molecule has 1 amide bonds. The minimum absolute atomic E-state index is 0.00453. The number of rotatable bonds is 8. The fourth-order valence-electron chi connectivity index (χ4n) is 2.05. The molecule has 0 aliphatic carbocycles. The third-order valence-electron chi connectivity index (χ3n) is 4.00. The molecular formula is C17H27NO2. The van der Waals surface area contributed by atoms with Gasteiger partial charge in [-0.15, -0.1) is 0 Å². The van der Waals surface area contributed by atoms with Gasteiger partial charge in [-0.25, -0.2) is 0 Å². The highest BCUT2D eigenvalue weighted by Crippen LogP contribution is 2.13. The van der Waals surface area contributed by atoms with Gasteiger partial charge < -0.3 is 10.4 Å². The molecule has 0 spiro atoms. The molecule has 112 valence electrons. The first-order valence-corrected chi connectivity index (χ1v) is 7.60. The van der Waals surface area contributed by atoms with Gasteiger partial charge in [-0.3, -0.25) is 4.79 Å². The molecular weight excluding hydrogens is 250 g/mol. The Hall–Kier alpha value is -1.35. The summed E-state index contributed by atoms with van der Waals surface area (Å²) in [5.74, 6) is 0.00453. The number of nitrogens with one attached hydrogen (secondary N) is 1. The van der Waals surface area contributed by atoms with Crippen LogP contribution in [-0.2, 0) is 17.6 Å². The third kappa shape index (κ3) is 5.33. The van der Waals surface area contributed by atoms with E-state index in [0.29, 0.717) is 25.8 Å². The molecule has 0 saturated heterocycles. The molecule has 0 saturated carbocycles. The van der Waals surface area contributed by atoms with Crippen molar-refractivity contribution < 1.29 is 9.90 Å². The molecule has 0 atom stereocenters. The Kier molecular flexibility index (Phi) is 6.73. The minimum atomic E-state index is -0.765. The second-order valence-corrected chi connectivity index (χ2v) is 5.38. The number of benzene rings is 1. The summed E-state index contributed by atoms with van der Waals surface area (Å²) >= 11 is 0. The third-order valence-corrected chi connectivity index (χ3v) is 4.00. The lowest BCUT2D eigenvalue weighted by Gasteiger charge is -2.25. The maximum absolute atomic E-state index is 11.8. The summed E-state index contributed by atoms with van der Waals surface area (Å²) in [4.78, 5) is 11.8. The van der Waals surface area contributed by atoms with E-state index < -0.39 is 5.60 Å². The van der Waals surface area contributed by atoms with E-state index >= 15 is 0 Å². The van der Waals surface area contributed by atoms with Crippen molar-refractivity contribution in [3.05, 3.63) is 35.4 Å². The van der Waals surface area contributed by atoms with E-state index in [0.717, 1.165) is 12.8 Å². The minimum Gasteiger partial charge on any atom is -0.388 e. The molecule has 1 aromatic rings. The van der Waals surface area contributed by atoms with E-state index in [-0.39, 0.29) is 5.91 Å². The van der Waals surface area contributed by atoms with E-state index in [2.05, 4.69) is 36.5 Å². The summed E-state index contributed by atoms with van der Waals surface area (Å²) in [6, 6.07) is 8.39. The van der Waals surface area contributed by atoms with Crippen LogP contribution in [0.3, 0.4) is 0 Å². The molecule has 0 bridgehead atoms. The number of aryl methyl sites for hydroxylation is 2. The zero-order valence-electron chi connectivity index (χ0n) is 12.9. The lowest BCUT2D eigenvalue weighted by Crippen LogP contribution is -2.42. The van der Waals surface area contributed by atoms with Gasteiger partial charge in [0.15, 0.2) is 0 Å². The van der Waals surface area contributed by atoms with Gasteiger partial charge in [0.2, 0.25) is 5.91 Å². The molecule has 1 rings (SSSR count). The monoisotopic (exact) mass is 277 g/mol. The smallest absolute Gasteiger partial charge is 0.220 e. The van der Waals surface area contributed by atoms with Gasteiger partial charge in [0, 0.05) is 13.0 Å². The van der Waals surface area contributed by atoms with Crippen LogP contribution >= 0.6 is 0 Å². The molecule has 3 nitrogen and oxygen atoms in total. The Morgan fingerprint density at radius 1 is 1.10 bits per heavy atom. The van der Waals surface area contributed by atoms with Crippen LogP contribution in [0.2, 0.25) is 0 Å². The largest absolute Gasteiger partial charge is 0.388 e. The van der Waals surface area contributed by atoms with Crippen LogP contribution in [0.25, 0.3) is 0 Å². The summed E-state index contributed by atoms with van der Waals surface area (Å²) in [5.41, 5.74) is 1.73. The number of amides is 1. The van der Waals surface area contributed by atoms with Gasteiger partial charge in [0.05, 0.1) is 5.60 Å². The fourth-order valence-corrected chi connectivity index (χ4v) is 2.05. The summed E-state index contributed by atoms with van der Waals surface area (Å²) in [5, 5.41) is 12.9. The average molecular weight is 277 g/mol. The molecule has 2 N–H and O–H groups in total. The number of hydrogen-bond donors (Lipinski definition) is 2. The Labute approximate surface area is 122 Å². The van der Waals surface area contributed by atoms with Crippen LogP contribution in [-0.4, -0.2) is 23.2 Å². The topological polar surface area (TPSA) is 49.3 Å². The molecule has 3 heteroatoms. The quantitative estimate of drug-likeness (QED) is 0.767. The predicted octanol–water partition coefficient (Wildman–Crippen LogP) is 2.85.